The summed E-state index contributed by atoms with van der Waals surface area (Å²) in [6.07, 6.45) is 0.690. The van der Waals surface area contributed by atoms with E-state index < -0.39 is 11.3 Å². The molecule has 6 heteroatoms. The van der Waals surface area contributed by atoms with E-state index in [0.717, 1.165) is 0 Å². The minimum absolute atomic E-state index is 0.338. The van der Waals surface area contributed by atoms with Crippen LogP contribution >= 0.6 is 0 Å². The molecule has 1 aromatic rings. The number of methoxy groups -OCH3 is 1. The fourth-order valence-corrected chi connectivity index (χ4v) is 1.66. The van der Waals surface area contributed by atoms with Gasteiger partial charge in [-0.15, -0.1) is 0 Å². The number of rotatable bonds is 7. The normalized spacial score (nSPS) is 10.6. The highest BCUT2D eigenvalue weighted by atomic mass is 16.5. The van der Waals surface area contributed by atoms with Crippen LogP contribution in [0.15, 0.2) is 24.3 Å². The first-order chi connectivity index (χ1) is 10.4. The van der Waals surface area contributed by atoms with Crippen LogP contribution in [0.25, 0.3) is 0 Å². The van der Waals surface area contributed by atoms with E-state index in [0.29, 0.717) is 30.8 Å². The SMILES string of the molecule is COCCCNC(=O)C(C)(C)C(=O)Nc1ccc(C#N)cc1. The van der Waals surface area contributed by atoms with Gasteiger partial charge >= 0.3 is 0 Å². The van der Waals surface area contributed by atoms with Gasteiger partial charge in [-0.25, -0.2) is 0 Å². The van der Waals surface area contributed by atoms with Gasteiger partial charge in [0.25, 0.3) is 0 Å². The van der Waals surface area contributed by atoms with E-state index >= 15 is 0 Å². The molecule has 118 valence electrons. The Balaban J connectivity index is 2.61. The van der Waals surface area contributed by atoms with Gasteiger partial charge in [0.05, 0.1) is 11.6 Å². The molecule has 0 radical (unpaired) electrons. The molecule has 1 aromatic carbocycles. The molecule has 0 aliphatic carbocycles. The second kappa shape index (κ2) is 8.15. The molecule has 0 aliphatic heterocycles. The lowest BCUT2D eigenvalue weighted by atomic mass is 9.91. The molecule has 0 atom stereocenters. The van der Waals surface area contributed by atoms with Crippen molar-refractivity contribution >= 4 is 17.5 Å². The van der Waals surface area contributed by atoms with Crippen molar-refractivity contribution in [1.82, 2.24) is 5.32 Å². The Bertz CT molecular complexity index is 559. The van der Waals surface area contributed by atoms with E-state index in [1.807, 2.05) is 6.07 Å². The van der Waals surface area contributed by atoms with Crippen molar-refractivity contribution in [2.75, 3.05) is 25.6 Å². The molecule has 0 bridgehead atoms. The predicted molar refractivity (Wildman–Crippen MR) is 83.1 cm³/mol. The molecule has 2 N–H and O–H groups in total. The van der Waals surface area contributed by atoms with Crippen LogP contribution in [0, 0.1) is 16.7 Å². The average Bonchev–Trinajstić information content (AvgIpc) is 2.51. The quantitative estimate of drug-likeness (QED) is 0.592. The van der Waals surface area contributed by atoms with Crippen LogP contribution in [0.3, 0.4) is 0 Å². The Kier molecular flexibility index (Phi) is 6.54. The second-order valence-corrected chi connectivity index (χ2v) is 5.37. The summed E-state index contributed by atoms with van der Waals surface area (Å²) in [5.74, 6) is -0.740. The summed E-state index contributed by atoms with van der Waals surface area (Å²) >= 11 is 0. The number of carbonyl (C=O) groups is 2. The van der Waals surface area contributed by atoms with E-state index in [2.05, 4.69) is 10.6 Å². The number of hydrogen-bond acceptors (Lipinski definition) is 4. The molecule has 1 rings (SSSR count). The number of anilines is 1. The summed E-state index contributed by atoms with van der Waals surface area (Å²) in [6, 6.07) is 8.47. The maximum Gasteiger partial charge on any atom is 0.239 e. The summed E-state index contributed by atoms with van der Waals surface area (Å²) < 4.78 is 4.90. The Morgan fingerprint density at radius 2 is 1.86 bits per heavy atom. The van der Waals surface area contributed by atoms with Crippen molar-refractivity contribution in [2.24, 2.45) is 5.41 Å². The Morgan fingerprint density at radius 3 is 2.41 bits per heavy atom. The highest BCUT2D eigenvalue weighted by Gasteiger charge is 2.35. The zero-order valence-electron chi connectivity index (χ0n) is 13.1. The van der Waals surface area contributed by atoms with Crippen LogP contribution in [0.1, 0.15) is 25.8 Å². The zero-order chi connectivity index (χ0) is 16.6. The molecule has 0 unspecified atom stereocenters. The van der Waals surface area contributed by atoms with Crippen LogP contribution in [-0.2, 0) is 14.3 Å². The number of nitrogens with zero attached hydrogens (tertiary/aromatic N) is 1. The Morgan fingerprint density at radius 1 is 1.23 bits per heavy atom. The molecule has 6 nitrogen and oxygen atoms in total. The van der Waals surface area contributed by atoms with Gasteiger partial charge in [0.2, 0.25) is 11.8 Å². The first-order valence-corrected chi connectivity index (χ1v) is 7.00. The molecular weight excluding hydrogens is 282 g/mol. The third-order valence-corrected chi connectivity index (χ3v) is 3.22. The van der Waals surface area contributed by atoms with Crippen molar-refractivity contribution in [3.8, 4) is 6.07 Å². The van der Waals surface area contributed by atoms with Gasteiger partial charge in [-0.05, 0) is 44.5 Å². The summed E-state index contributed by atoms with van der Waals surface area (Å²) in [5.41, 5.74) is -0.140. The number of hydrogen-bond donors (Lipinski definition) is 2. The lowest BCUT2D eigenvalue weighted by Gasteiger charge is -2.22. The average molecular weight is 303 g/mol. The molecule has 0 fully saturated rings. The molecule has 0 spiro atoms. The minimum atomic E-state index is -1.19. The van der Waals surface area contributed by atoms with Crippen LogP contribution in [0.4, 0.5) is 5.69 Å². The van der Waals surface area contributed by atoms with Crippen molar-refractivity contribution in [2.45, 2.75) is 20.3 Å². The fourth-order valence-electron chi connectivity index (χ4n) is 1.66. The van der Waals surface area contributed by atoms with Gasteiger partial charge in [0.1, 0.15) is 5.41 Å². The fraction of sp³-hybridized carbons (Fsp3) is 0.438. The standard InChI is InChI=1S/C16H21N3O3/c1-16(2,14(20)18-9-4-10-22-3)15(21)19-13-7-5-12(11-17)6-8-13/h5-8H,4,9-10H2,1-3H3,(H,18,20)(H,19,21). The molecule has 22 heavy (non-hydrogen) atoms. The Labute approximate surface area is 130 Å². The first-order valence-electron chi connectivity index (χ1n) is 7.00. The van der Waals surface area contributed by atoms with Crippen LogP contribution in [0.2, 0.25) is 0 Å². The van der Waals surface area contributed by atoms with E-state index in [-0.39, 0.29) is 5.91 Å². The number of nitrogens with one attached hydrogen (secondary N) is 2. The van der Waals surface area contributed by atoms with Gasteiger partial charge in [-0.2, -0.15) is 5.26 Å². The Hall–Kier alpha value is -2.39. The molecule has 0 aliphatic rings. The van der Waals surface area contributed by atoms with Crippen LogP contribution in [-0.4, -0.2) is 32.1 Å². The van der Waals surface area contributed by atoms with Gasteiger partial charge in [-0.1, -0.05) is 0 Å². The summed E-state index contributed by atoms with van der Waals surface area (Å²) in [7, 11) is 1.59. The number of carbonyl (C=O) groups excluding carboxylic acids is 2. The third-order valence-electron chi connectivity index (χ3n) is 3.22. The maximum atomic E-state index is 12.3. The van der Waals surface area contributed by atoms with E-state index in [1.54, 1.807) is 45.2 Å². The monoisotopic (exact) mass is 303 g/mol. The topological polar surface area (TPSA) is 91.2 Å². The highest BCUT2D eigenvalue weighted by Crippen LogP contribution is 2.19. The molecular formula is C16H21N3O3. The van der Waals surface area contributed by atoms with Gasteiger partial charge < -0.3 is 15.4 Å². The van der Waals surface area contributed by atoms with Gasteiger partial charge in [-0.3, -0.25) is 9.59 Å². The smallest absolute Gasteiger partial charge is 0.239 e. The number of ether oxygens (including phenoxy) is 1. The van der Waals surface area contributed by atoms with Crippen LogP contribution in [0.5, 0.6) is 0 Å². The van der Waals surface area contributed by atoms with Crippen molar-refractivity contribution < 1.29 is 14.3 Å². The molecule has 2 amide bonds. The van der Waals surface area contributed by atoms with Crippen LogP contribution < -0.4 is 10.6 Å². The minimum Gasteiger partial charge on any atom is -0.385 e. The number of benzene rings is 1. The summed E-state index contributed by atoms with van der Waals surface area (Å²) in [5, 5.41) is 14.1. The molecule has 0 saturated heterocycles. The summed E-state index contributed by atoms with van der Waals surface area (Å²) in [4.78, 5) is 24.4. The van der Waals surface area contributed by atoms with E-state index in [9.17, 15) is 9.59 Å². The van der Waals surface area contributed by atoms with E-state index in [1.165, 1.54) is 0 Å². The van der Waals surface area contributed by atoms with Crippen molar-refractivity contribution in [3.63, 3.8) is 0 Å². The van der Waals surface area contributed by atoms with Gasteiger partial charge in [0, 0.05) is 25.9 Å². The predicted octanol–water partition coefficient (Wildman–Crippen LogP) is 1.68. The molecule has 0 saturated carbocycles. The largest absolute Gasteiger partial charge is 0.385 e. The lowest BCUT2D eigenvalue weighted by molar-refractivity contribution is -0.138. The summed E-state index contributed by atoms with van der Waals surface area (Å²) in [6.45, 7) is 4.15. The maximum absolute atomic E-state index is 12.3. The molecule has 0 heterocycles. The van der Waals surface area contributed by atoms with E-state index in [4.69, 9.17) is 10.00 Å². The van der Waals surface area contributed by atoms with Gasteiger partial charge in [0.15, 0.2) is 0 Å². The first kappa shape index (κ1) is 17.7. The molecule has 0 aromatic heterocycles. The third kappa shape index (κ3) is 4.86. The lowest BCUT2D eigenvalue weighted by Crippen LogP contribution is -2.45. The highest BCUT2D eigenvalue weighted by molar-refractivity contribution is 6.09. The number of amides is 2. The van der Waals surface area contributed by atoms with Crippen molar-refractivity contribution in [1.29, 1.82) is 5.26 Å². The number of nitriles is 1. The zero-order valence-corrected chi connectivity index (χ0v) is 13.1. The second-order valence-electron chi connectivity index (χ2n) is 5.37. The van der Waals surface area contributed by atoms with Crippen molar-refractivity contribution in [3.05, 3.63) is 29.8 Å².